The standard InChI is InChI=1S/C18H16BrNO2/c1-13-4-2-3-5-18(13)22-9-8-20-11-14(12-21)16-10-15(19)6-7-17(16)20/h2-7,10-12H,8-9H2,1H3. The van der Waals surface area contributed by atoms with E-state index in [1.807, 2.05) is 55.6 Å². The van der Waals surface area contributed by atoms with Crippen molar-refractivity contribution in [3.05, 3.63) is 64.3 Å². The van der Waals surface area contributed by atoms with Crippen molar-refractivity contribution in [2.45, 2.75) is 13.5 Å². The van der Waals surface area contributed by atoms with Crippen LogP contribution in [0, 0.1) is 6.92 Å². The maximum absolute atomic E-state index is 11.2. The first-order valence-electron chi connectivity index (χ1n) is 7.11. The highest BCUT2D eigenvalue weighted by Gasteiger charge is 2.08. The number of aryl methyl sites for hydroxylation is 1. The topological polar surface area (TPSA) is 31.2 Å². The van der Waals surface area contributed by atoms with Crippen LogP contribution in [0.1, 0.15) is 15.9 Å². The molecule has 0 saturated carbocycles. The van der Waals surface area contributed by atoms with E-state index in [4.69, 9.17) is 4.74 Å². The molecule has 0 spiro atoms. The number of carbonyl (C=O) groups is 1. The fraction of sp³-hybridized carbons (Fsp3) is 0.167. The molecule has 0 radical (unpaired) electrons. The van der Waals surface area contributed by atoms with Crippen LogP contribution in [-0.4, -0.2) is 17.5 Å². The summed E-state index contributed by atoms with van der Waals surface area (Å²) in [5.41, 5.74) is 2.86. The molecule has 0 atom stereocenters. The van der Waals surface area contributed by atoms with E-state index in [2.05, 4.69) is 20.5 Å². The lowest BCUT2D eigenvalue weighted by atomic mass is 10.2. The smallest absolute Gasteiger partial charge is 0.152 e. The van der Waals surface area contributed by atoms with Gasteiger partial charge in [0.1, 0.15) is 12.4 Å². The molecule has 112 valence electrons. The number of hydrogen-bond acceptors (Lipinski definition) is 2. The normalized spacial score (nSPS) is 10.8. The van der Waals surface area contributed by atoms with E-state index in [9.17, 15) is 4.79 Å². The van der Waals surface area contributed by atoms with Gasteiger partial charge in [-0.25, -0.2) is 0 Å². The summed E-state index contributed by atoms with van der Waals surface area (Å²) < 4.78 is 8.87. The Morgan fingerprint density at radius 3 is 2.82 bits per heavy atom. The molecule has 0 aliphatic heterocycles. The van der Waals surface area contributed by atoms with Crippen molar-refractivity contribution in [3.8, 4) is 5.75 Å². The fourth-order valence-corrected chi connectivity index (χ4v) is 2.91. The van der Waals surface area contributed by atoms with Crippen LogP contribution in [0.3, 0.4) is 0 Å². The van der Waals surface area contributed by atoms with E-state index >= 15 is 0 Å². The minimum absolute atomic E-state index is 0.559. The summed E-state index contributed by atoms with van der Waals surface area (Å²) >= 11 is 3.45. The van der Waals surface area contributed by atoms with Crippen molar-refractivity contribution >= 4 is 33.1 Å². The summed E-state index contributed by atoms with van der Waals surface area (Å²) in [6.45, 7) is 3.28. The lowest BCUT2D eigenvalue weighted by Gasteiger charge is -2.10. The molecule has 1 heterocycles. The summed E-state index contributed by atoms with van der Waals surface area (Å²) in [6, 6.07) is 13.9. The van der Waals surface area contributed by atoms with E-state index in [-0.39, 0.29) is 0 Å². The molecule has 0 bridgehead atoms. The maximum atomic E-state index is 11.2. The van der Waals surface area contributed by atoms with Crippen LogP contribution in [-0.2, 0) is 6.54 Å². The first-order valence-corrected chi connectivity index (χ1v) is 7.90. The number of benzene rings is 2. The largest absolute Gasteiger partial charge is 0.491 e. The third-order valence-electron chi connectivity index (χ3n) is 3.68. The highest BCUT2D eigenvalue weighted by atomic mass is 79.9. The van der Waals surface area contributed by atoms with Crippen LogP contribution in [0.25, 0.3) is 10.9 Å². The predicted octanol–water partition coefficient (Wildman–Crippen LogP) is 4.60. The number of carbonyl (C=O) groups excluding carboxylic acids is 1. The zero-order valence-electron chi connectivity index (χ0n) is 12.3. The van der Waals surface area contributed by atoms with Crippen molar-refractivity contribution in [1.82, 2.24) is 4.57 Å². The summed E-state index contributed by atoms with van der Waals surface area (Å²) in [5.74, 6) is 0.900. The lowest BCUT2D eigenvalue weighted by Crippen LogP contribution is -2.07. The number of halogens is 1. The highest BCUT2D eigenvalue weighted by molar-refractivity contribution is 9.10. The Labute approximate surface area is 137 Å². The minimum Gasteiger partial charge on any atom is -0.491 e. The number of hydrogen-bond donors (Lipinski definition) is 0. The Bertz CT molecular complexity index is 823. The number of para-hydroxylation sites is 1. The van der Waals surface area contributed by atoms with E-state index in [1.54, 1.807) is 0 Å². The summed E-state index contributed by atoms with van der Waals surface area (Å²) in [7, 11) is 0. The molecule has 0 unspecified atom stereocenters. The number of ether oxygens (including phenoxy) is 1. The van der Waals surface area contributed by atoms with Gasteiger partial charge in [-0.1, -0.05) is 34.1 Å². The van der Waals surface area contributed by atoms with Crippen LogP contribution in [0.15, 0.2) is 53.1 Å². The monoisotopic (exact) mass is 357 g/mol. The molecule has 0 saturated heterocycles. The second kappa shape index (κ2) is 6.36. The SMILES string of the molecule is Cc1ccccc1OCCn1cc(C=O)c2cc(Br)ccc21. The van der Waals surface area contributed by atoms with Gasteiger partial charge in [0, 0.05) is 27.1 Å². The molecule has 22 heavy (non-hydrogen) atoms. The van der Waals surface area contributed by atoms with E-state index in [1.165, 1.54) is 0 Å². The maximum Gasteiger partial charge on any atom is 0.152 e. The van der Waals surface area contributed by atoms with Gasteiger partial charge in [-0.3, -0.25) is 4.79 Å². The van der Waals surface area contributed by atoms with E-state index in [0.717, 1.165) is 33.0 Å². The number of aldehydes is 1. The third kappa shape index (κ3) is 2.92. The Kier molecular flexibility index (Phi) is 4.29. The molecule has 0 N–H and O–H groups in total. The zero-order chi connectivity index (χ0) is 15.5. The molecule has 3 aromatic rings. The van der Waals surface area contributed by atoms with E-state index in [0.29, 0.717) is 18.7 Å². The molecule has 0 amide bonds. The number of aromatic nitrogens is 1. The quantitative estimate of drug-likeness (QED) is 0.624. The molecule has 3 nitrogen and oxygen atoms in total. The van der Waals surface area contributed by atoms with Crippen LogP contribution in [0.5, 0.6) is 5.75 Å². The second-order valence-electron chi connectivity index (χ2n) is 5.17. The predicted molar refractivity (Wildman–Crippen MR) is 91.7 cm³/mol. The van der Waals surface area contributed by atoms with Crippen molar-refractivity contribution < 1.29 is 9.53 Å². The van der Waals surface area contributed by atoms with Gasteiger partial charge in [-0.2, -0.15) is 0 Å². The van der Waals surface area contributed by atoms with Crippen molar-refractivity contribution in [1.29, 1.82) is 0 Å². The van der Waals surface area contributed by atoms with Crippen LogP contribution >= 0.6 is 15.9 Å². The lowest BCUT2D eigenvalue weighted by molar-refractivity contribution is 0.112. The van der Waals surface area contributed by atoms with E-state index < -0.39 is 0 Å². The molecule has 0 aliphatic carbocycles. The zero-order valence-corrected chi connectivity index (χ0v) is 13.8. The third-order valence-corrected chi connectivity index (χ3v) is 4.18. The highest BCUT2D eigenvalue weighted by Crippen LogP contribution is 2.24. The van der Waals surface area contributed by atoms with Gasteiger partial charge in [0.2, 0.25) is 0 Å². The number of rotatable bonds is 5. The Hall–Kier alpha value is -2.07. The Morgan fingerprint density at radius 2 is 2.05 bits per heavy atom. The van der Waals surface area contributed by atoms with Gasteiger partial charge in [-0.15, -0.1) is 0 Å². The first kappa shape index (κ1) is 14.9. The molecule has 0 fully saturated rings. The van der Waals surface area contributed by atoms with Crippen LogP contribution in [0.4, 0.5) is 0 Å². The van der Waals surface area contributed by atoms with Gasteiger partial charge in [0.05, 0.1) is 6.54 Å². The first-order chi connectivity index (χ1) is 10.7. The van der Waals surface area contributed by atoms with Crippen molar-refractivity contribution in [2.75, 3.05) is 6.61 Å². The Morgan fingerprint density at radius 1 is 1.23 bits per heavy atom. The summed E-state index contributed by atoms with van der Waals surface area (Å²) in [5, 5.41) is 0.959. The molecule has 0 aliphatic rings. The summed E-state index contributed by atoms with van der Waals surface area (Å²) in [4.78, 5) is 11.2. The van der Waals surface area contributed by atoms with Gasteiger partial charge in [0.25, 0.3) is 0 Å². The fourth-order valence-electron chi connectivity index (χ4n) is 2.55. The van der Waals surface area contributed by atoms with Crippen LogP contribution < -0.4 is 4.74 Å². The summed E-state index contributed by atoms with van der Waals surface area (Å²) in [6.07, 6.45) is 2.78. The molecule has 2 aromatic carbocycles. The van der Waals surface area contributed by atoms with Gasteiger partial charge >= 0.3 is 0 Å². The number of nitrogens with zero attached hydrogens (tertiary/aromatic N) is 1. The van der Waals surface area contributed by atoms with Crippen molar-refractivity contribution in [2.24, 2.45) is 0 Å². The van der Waals surface area contributed by atoms with Gasteiger partial charge < -0.3 is 9.30 Å². The average Bonchev–Trinajstić information content (AvgIpc) is 2.86. The van der Waals surface area contributed by atoms with Crippen molar-refractivity contribution in [3.63, 3.8) is 0 Å². The molecule has 3 rings (SSSR count). The molecular formula is C18H16BrNO2. The molecular weight excluding hydrogens is 342 g/mol. The van der Waals surface area contributed by atoms with Crippen LogP contribution in [0.2, 0.25) is 0 Å². The second-order valence-corrected chi connectivity index (χ2v) is 6.09. The molecule has 1 aromatic heterocycles. The minimum atomic E-state index is 0.559. The van der Waals surface area contributed by atoms with Gasteiger partial charge in [0.15, 0.2) is 6.29 Å². The number of fused-ring (bicyclic) bond motifs is 1. The molecule has 4 heteroatoms. The van der Waals surface area contributed by atoms with Gasteiger partial charge in [-0.05, 0) is 36.8 Å². The average molecular weight is 358 g/mol. The Balaban J connectivity index is 1.80.